The smallest absolute Gasteiger partial charge is 0.236 e. The van der Waals surface area contributed by atoms with Crippen molar-refractivity contribution >= 4 is 11.8 Å². The number of rotatable bonds is 7. The lowest BCUT2D eigenvalue weighted by molar-refractivity contribution is 0.0867. The zero-order chi connectivity index (χ0) is 12.0. The summed E-state index contributed by atoms with van der Waals surface area (Å²) in [5, 5.41) is 3.88. The molecule has 0 aliphatic rings. The van der Waals surface area contributed by atoms with Crippen molar-refractivity contribution in [2.24, 2.45) is 5.73 Å². The van der Waals surface area contributed by atoms with Gasteiger partial charge in [-0.25, -0.2) is 0 Å². The van der Waals surface area contributed by atoms with Crippen LogP contribution in [0.1, 0.15) is 32.0 Å². The van der Waals surface area contributed by atoms with E-state index in [-0.39, 0.29) is 0 Å². The van der Waals surface area contributed by atoms with E-state index in [1.807, 2.05) is 13.2 Å². The van der Waals surface area contributed by atoms with Gasteiger partial charge in [0.2, 0.25) is 5.89 Å². The molecule has 0 saturated heterocycles. The third-order valence-corrected chi connectivity index (χ3v) is 2.53. The lowest BCUT2D eigenvalue weighted by Crippen LogP contribution is -2.39. The molecule has 1 heterocycles. The molecule has 1 rings (SSSR count). The summed E-state index contributed by atoms with van der Waals surface area (Å²) in [5.41, 5.74) is 5.39. The second kappa shape index (κ2) is 6.22. The van der Waals surface area contributed by atoms with Crippen molar-refractivity contribution in [3.63, 3.8) is 0 Å². The molecule has 0 amide bonds. The Morgan fingerprint density at radius 2 is 2.31 bits per heavy atom. The van der Waals surface area contributed by atoms with E-state index >= 15 is 0 Å². The fraction of sp³-hybridized carbons (Fsp3) is 0.800. The van der Waals surface area contributed by atoms with Crippen LogP contribution in [0.25, 0.3) is 0 Å². The number of hydrogen-bond acceptors (Lipinski definition) is 6. The summed E-state index contributed by atoms with van der Waals surface area (Å²) >= 11 is 1.63. The monoisotopic (exact) mass is 245 g/mol. The maximum atomic E-state index is 6.07. The van der Waals surface area contributed by atoms with E-state index in [1.54, 1.807) is 11.8 Å². The van der Waals surface area contributed by atoms with E-state index in [0.29, 0.717) is 30.7 Å². The van der Waals surface area contributed by atoms with Crippen LogP contribution >= 0.6 is 11.8 Å². The summed E-state index contributed by atoms with van der Waals surface area (Å²) in [5.74, 6) is 1.82. The molecule has 5 nitrogen and oxygen atoms in total. The van der Waals surface area contributed by atoms with Crippen molar-refractivity contribution in [2.45, 2.75) is 31.6 Å². The van der Waals surface area contributed by atoms with Crippen molar-refractivity contribution in [3.05, 3.63) is 11.7 Å². The Bertz CT molecular complexity index is 315. The minimum atomic E-state index is -0.685. The van der Waals surface area contributed by atoms with Crippen molar-refractivity contribution in [1.82, 2.24) is 10.1 Å². The van der Waals surface area contributed by atoms with Gasteiger partial charge in [-0.3, -0.25) is 0 Å². The zero-order valence-corrected chi connectivity index (χ0v) is 10.8. The van der Waals surface area contributed by atoms with Gasteiger partial charge in [-0.2, -0.15) is 16.7 Å². The first-order valence-electron chi connectivity index (χ1n) is 5.28. The Morgan fingerprint density at radius 3 is 2.94 bits per heavy atom. The van der Waals surface area contributed by atoms with Crippen LogP contribution in [0.2, 0.25) is 0 Å². The Balaban J connectivity index is 2.58. The molecule has 2 N–H and O–H groups in total. The Morgan fingerprint density at radius 1 is 1.56 bits per heavy atom. The second-order valence-electron chi connectivity index (χ2n) is 3.91. The Labute approximate surface area is 100 Å². The number of thioether (sulfide) groups is 1. The molecule has 0 spiro atoms. The quantitative estimate of drug-likeness (QED) is 0.734. The van der Waals surface area contributed by atoms with E-state index in [1.165, 1.54) is 0 Å². The molecule has 0 bridgehead atoms. The van der Waals surface area contributed by atoms with E-state index in [4.69, 9.17) is 15.0 Å². The highest BCUT2D eigenvalue weighted by Crippen LogP contribution is 2.16. The third-order valence-electron chi connectivity index (χ3n) is 2.00. The summed E-state index contributed by atoms with van der Waals surface area (Å²) < 4.78 is 10.5. The highest BCUT2D eigenvalue weighted by atomic mass is 32.2. The molecule has 0 aliphatic heterocycles. The molecule has 1 atom stereocenters. The molecule has 1 aromatic heterocycles. The molecule has 0 aromatic carbocycles. The van der Waals surface area contributed by atoms with Gasteiger partial charge in [-0.15, -0.1) is 0 Å². The number of hydrogen-bond donors (Lipinski definition) is 1. The average molecular weight is 245 g/mol. The van der Waals surface area contributed by atoms with Gasteiger partial charge >= 0.3 is 0 Å². The lowest BCUT2D eigenvalue weighted by atomic mass is 10.1. The average Bonchev–Trinajstić information content (AvgIpc) is 2.68. The van der Waals surface area contributed by atoms with Gasteiger partial charge in [0.25, 0.3) is 0 Å². The molecule has 0 radical (unpaired) electrons. The Hall–Kier alpha value is -0.590. The highest BCUT2D eigenvalue weighted by Gasteiger charge is 2.27. The molecule has 16 heavy (non-hydrogen) atoms. The third kappa shape index (κ3) is 3.77. The van der Waals surface area contributed by atoms with Gasteiger partial charge in [0.05, 0.1) is 12.4 Å². The molecular formula is C10H19N3O2S. The first kappa shape index (κ1) is 13.5. The molecule has 1 aromatic rings. The van der Waals surface area contributed by atoms with Crippen molar-refractivity contribution in [3.8, 4) is 0 Å². The number of aromatic nitrogens is 2. The molecule has 0 saturated carbocycles. The van der Waals surface area contributed by atoms with Gasteiger partial charge in [-0.1, -0.05) is 12.1 Å². The molecule has 6 heteroatoms. The Kier molecular flexibility index (Phi) is 5.24. The van der Waals surface area contributed by atoms with Crippen molar-refractivity contribution < 1.29 is 9.26 Å². The highest BCUT2D eigenvalue weighted by molar-refractivity contribution is 7.97. The summed E-state index contributed by atoms with van der Waals surface area (Å²) in [7, 11) is 0. The fourth-order valence-corrected chi connectivity index (χ4v) is 1.53. The van der Waals surface area contributed by atoms with Gasteiger partial charge < -0.3 is 15.0 Å². The van der Waals surface area contributed by atoms with Gasteiger partial charge in [0.15, 0.2) is 5.82 Å². The molecule has 1 unspecified atom stereocenters. The van der Waals surface area contributed by atoms with Crippen molar-refractivity contribution in [2.75, 3.05) is 19.5 Å². The first-order chi connectivity index (χ1) is 7.60. The van der Waals surface area contributed by atoms with Crippen LogP contribution in [0.4, 0.5) is 0 Å². The van der Waals surface area contributed by atoms with Crippen molar-refractivity contribution in [1.29, 1.82) is 0 Å². The maximum Gasteiger partial charge on any atom is 0.236 e. The largest absolute Gasteiger partial charge is 0.379 e. The SMILES string of the molecule is CCCOCC(C)(N)c1noc(CSC)n1. The standard InChI is InChI=1S/C10H19N3O2S/c1-4-5-14-7-10(2,11)9-12-8(6-16-3)15-13-9/h4-7,11H2,1-3H3. The summed E-state index contributed by atoms with van der Waals surface area (Å²) in [6.45, 7) is 5.00. The first-order valence-corrected chi connectivity index (χ1v) is 6.68. The maximum absolute atomic E-state index is 6.07. The number of nitrogens with zero attached hydrogens (tertiary/aromatic N) is 2. The predicted molar refractivity (Wildman–Crippen MR) is 64.2 cm³/mol. The molecule has 92 valence electrons. The van der Waals surface area contributed by atoms with Crippen LogP contribution in [-0.2, 0) is 16.0 Å². The van der Waals surface area contributed by atoms with Gasteiger partial charge in [-0.05, 0) is 19.6 Å². The minimum Gasteiger partial charge on any atom is -0.379 e. The van der Waals surface area contributed by atoms with E-state index in [9.17, 15) is 0 Å². The van der Waals surface area contributed by atoms with Crippen LogP contribution in [0.3, 0.4) is 0 Å². The lowest BCUT2D eigenvalue weighted by Gasteiger charge is -2.19. The van der Waals surface area contributed by atoms with E-state index in [0.717, 1.165) is 6.42 Å². The summed E-state index contributed by atoms with van der Waals surface area (Å²) in [4.78, 5) is 4.25. The molecular weight excluding hydrogens is 226 g/mol. The van der Waals surface area contributed by atoms with E-state index in [2.05, 4.69) is 17.1 Å². The number of ether oxygens (including phenoxy) is 1. The van der Waals surface area contributed by atoms with Crippen LogP contribution < -0.4 is 5.73 Å². The van der Waals surface area contributed by atoms with Crippen LogP contribution in [0, 0.1) is 0 Å². The van der Waals surface area contributed by atoms with Crippen LogP contribution in [0.15, 0.2) is 4.52 Å². The predicted octanol–water partition coefficient (Wildman–Crippen LogP) is 1.53. The minimum absolute atomic E-state index is 0.402. The fourth-order valence-electron chi connectivity index (χ4n) is 1.16. The van der Waals surface area contributed by atoms with Crippen LogP contribution in [0.5, 0.6) is 0 Å². The topological polar surface area (TPSA) is 74.2 Å². The van der Waals surface area contributed by atoms with Gasteiger partial charge in [0.1, 0.15) is 5.54 Å². The zero-order valence-electron chi connectivity index (χ0n) is 10.0. The molecule has 0 aliphatic carbocycles. The van der Waals surface area contributed by atoms with Crippen LogP contribution in [-0.4, -0.2) is 29.6 Å². The van der Waals surface area contributed by atoms with E-state index < -0.39 is 5.54 Å². The second-order valence-corrected chi connectivity index (χ2v) is 4.78. The summed E-state index contributed by atoms with van der Waals surface area (Å²) in [6, 6.07) is 0. The summed E-state index contributed by atoms with van der Waals surface area (Å²) in [6.07, 6.45) is 2.95. The van der Waals surface area contributed by atoms with Gasteiger partial charge in [0, 0.05) is 6.61 Å². The molecule has 0 fully saturated rings. The normalized spacial score (nSPS) is 15.0. The number of nitrogens with two attached hydrogens (primary N) is 1.